The van der Waals surface area contributed by atoms with Crippen molar-refractivity contribution in [3.05, 3.63) is 54.1 Å². The van der Waals surface area contributed by atoms with E-state index in [1.807, 2.05) is 0 Å². The van der Waals surface area contributed by atoms with Crippen LogP contribution in [0.1, 0.15) is 59.6 Å². The van der Waals surface area contributed by atoms with E-state index in [1.165, 1.54) is 24.5 Å². The summed E-state index contributed by atoms with van der Waals surface area (Å²) in [5, 5.41) is 3.15. The monoisotopic (exact) mass is 396 g/mol. The van der Waals surface area contributed by atoms with Gasteiger partial charge in [-0.05, 0) is 62.1 Å². The maximum absolute atomic E-state index is 13.1. The number of hydrogen-bond acceptors (Lipinski definition) is 6. The molecule has 150 valence electrons. The summed E-state index contributed by atoms with van der Waals surface area (Å²) in [6, 6.07) is 4.26. The minimum absolute atomic E-state index is 0.0526. The standard InChI is InChI=1S/C21H21FN4O3/c22-15-2-3-16(25-11-15)18(27)26-20-7-13-6-14(8-20)10-21(9-13,12-20)29-19(28)17-23-4-1-5-24-17/h1-5,11,13-14H,6-10,12H2,(H,26,27). The highest BCUT2D eigenvalue weighted by Crippen LogP contribution is 2.59. The number of rotatable bonds is 4. The van der Waals surface area contributed by atoms with E-state index >= 15 is 0 Å². The molecule has 7 nitrogen and oxygen atoms in total. The predicted octanol–water partition coefficient (Wildman–Crippen LogP) is 2.69. The van der Waals surface area contributed by atoms with Gasteiger partial charge in [0.1, 0.15) is 17.1 Å². The maximum atomic E-state index is 13.1. The molecule has 0 spiro atoms. The van der Waals surface area contributed by atoms with Gasteiger partial charge in [-0.2, -0.15) is 0 Å². The zero-order valence-electron chi connectivity index (χ0n) is 15.8. The molecule has 1 N–H and O–H groups in total. The van der Waals surface area contributed by atoms with Crippen LogP contribution in [-0.2, 0) is 4.74 Å². The molecule has 0 aromatic carbocycles. The molecule has 0 radical (unpaired) electrons. The van der Waals surface area contributed by atoms with Gasteiger partial charge in [0.2, 0.25) is 5.82 Å². The van der Waals surface area contributed by atoms with Gasteiger partial charge in [-0.1, -0.05) is 0 Å². The third-order valence-corrected chi connectivity index (χ3v) is 6.40. The van der Waals surface area contributed by atoms with Crippen LogP contribution in [-0.4, -0.2) is 38.0 Å². The first-order chi connectivity index (χ1) is 13.9. The number of ether oxygens (including phenoxy) is 1. The Balaban J connectivity index is 1.37. The van der Waals surface area contributed by atoms with Crippen LogP contribution >= 0.6 is 0 Å². The van der Waals surface area contributed by atoms with Crippen molar-refractivity contribution in [1.29, 1.82) is 0 Å². The fourth-order valence-corrected chi connectivity index (χ4v) is 5.91. The van der Waals surface area contributed by atoms with E-state index in [4.69, 9.17) is 4.74 Å². The zero-order valence-corrected chi connectivity index (χ0v) is 15.8. The van der Waals surface area contributed by atoms with Crippen LogP contribution in [0.25, 0.3) is 0 Å². The van der Waals surface area contributed by atoms with Gasteiger partial charge in [-0.3, -0.25) is 4.79 Å². The van der Waals surface area contributed by atoms with Crippen LogP contribution in [0.15, 0.2) is 36.8 Å². The van der Waals surface area contributed by atoms with Gasteiger partial charge in [0.25, 0.3) is 5.91 Å². The van der Waals surface area contributed by atoms with Gasteiger partial charge in [-0.25, -0.2) is 24.1 Å². The number of amides is 1. The molecule has 0 aliphatic heterocycles. The zero-order chi connectivity index (χ0) is 20.1. The van der Waals surface area contributed by atoms with E-state index in [1.54, 1.807) is 6.07 Å². The summed E-state index contributed by atoms with van der Waals surface area (Å²) >= 11 is 0. The third kappa shape index (κ3) is 3.36. The lowest BCUT2D eigenvalue weighted by Crippen LogP contribution is -2.66. The summed E-state index contributed by atoms with van der Waals surface area (Å²) in [4.78, 5) is 37.3. The summed E-state index contributed by atoms with van der Waals surface area (Å²) in [6.45, 7) is 0. The van der Waals surface area contributed by atoms with E-state index in [0.717, 1.165) is 38.3 Å². The minimum Gasteiger partial charge on any atom is -0.453 e. The third-order valence-electron chi connectivity index (χ3n) is 6.40. The van der Waals surface area contributed by atoms with Gasteiger partial charge in [0.15, 0.2) is 0 Å². The van der Waals surface area contributed by atoms with Gasteiger partial charge >= 0.3 is 5.97 Å². The molecule has 2 aromatic heterocycles. The Labute approximate surface area is 167 Å². The molecular weight excluding hydrogens is 375 g/mol. The number of pyridine rings is 1. The second-order valence-electron chi connectivity index (χ2n) is 8.70. The van der Waals surface area contributed by atoms with E-state index in [9.17, 15) is 14.0 Å². The summed E-state index contributed by atoms with van der Waals surface area (Å²) < 4.78 is 19.1. The molecule has 2 atom stereocenters. The highest BCUT2D eigenvalue weighted by atomic mass is 19.1. The number of carbonyl (C=O) groups is 2. The van der Waals surface area contributed by atoms with Crippen molar-refractivity contribution >= 4 is 11.9 Å². The second kappa shape index (κ2) is 6.57. The number of nitrogens with one attached hydrogen (secondary N) is 1. The molecule has 4 saturated carbocycles. The lowest BCUT2D eigenvalue weighted by molar-refractivity contribution is -0.145. The second-order valence-corrected chi connectivity index (χ2v) is 8.70. The number of aromatic nitrogens is 3. The van der Waals surface area contributed by atoms with Crippen LogP contribution in [0.4, 0.5) is 4.39 Å². The van der Waals surface area contributed by atoms with Gasteiger partial charge < -0.3 is 10.1 Å². The van der Waals surface area contributed by atoms with E-state index < -0.39 is 22.9 Å². The molecule has 0 saturated heterocycles. The highest BCUT2D eigenvalue weighted by molar-refractivity contribution is 5.92. The summed E-state index contributed by atoms with van der Waals surface area (Å²) in [6.07, 6.45) is 9.04. The first-order valence-corrected chi connectivity index (χ1v) is 9.89. The van der Waals surface area contributed by atoms with E-state index in [0.29, 0.717) is 18.3 Å². The normalized spacial score (nSPS) is 32.0. The van der Waals surface area contributed by atoms with Crippen LogP contribution in [0.3, 0.4) is 0 Å². The molecular formula is C21H21FN4O3. The molecule has 4 aliphatic carbocycles. The number of halogens is 1. The summed E-state index contributed by atoms with van der Waals surface area (Å²) in [7, 11) is 0. The van der Waals surface area contributed by atoms with Crippen molar-refractivity contribution in [3.8, 4) is 0 Å². The molecule has 4 bridgehead atoms. The topological polar surface area (TPSA) is 94.1 Å². The molecule has 4 aliphatic rings. The Kier molecular flexibility index (Phi) is 4.11. The molecule has 29 heavy (non-hydrogen) atoms. The quantitative estimate of drug-likeness (QED) is 0.799. The van der Waals surface area contributed by atoms with Crippen LogP contribution in [0.2, 0.25) is 0 Å². The Morgan fingerprint density at radius 1 is 1.07 bits per heavy atom. The first-order valence-electron chi connectivity index (χ1n) is 9.89. The fourth-order valence-electron chi connectivity index (χ4n) is 5.91. The van der Waals surface area contributed by atoms with Crippen LogP contribution < -0.4 is 5.32 Å². The van der Waals surface area contributed by atoms with Gasteiger partial charge in [-0.15, -0.1) is 0 Å². The van der Waals surface area contributed by atoms with Crippen molar-refractivity contribution in [2.24, 2.45) is 11.8 Å². The molecule has 1 amide bonds. The lowest BCUT2D eigenvalue weighted by atomic mass is 9.51. The average Bonchev–Trinajstić information content (AvgIpc) is 2.67. The summed E-state index contributed by atoms with van der Waals surface area (Å²) in [5.41, 5.74) is -0.857. The van der Waals surface area contributed by atoms with Crippen molar-refractivity contribution in [3.63, 3.8) is 0 Å². The largest absolute Gasteiger partial charge is 0.453 e. The van der Waals surface area contributed by atoms with E-state index in [-0.39, 0.29) is 17.4 Å². The molecule has 6 rings (SSSR count). The maximum Gasteiger partial charge on any atom is 0.376 e. The lowest BCUT2D eigenvalue weighted by Gasteiger charge is -2.61. The van der Waals surface area contributed by atoms with E-state index in [2.05, 4.69) is 20.3 Å². The minimum atomic E-state index is -0.607. The predicted molar refractivity (Wildman–Crippen MR) is 99.3 cm³/mol. The van der Waals surface area contributed by atoms with Gasteiger partial charge in [0, 0.05) is 24.4 Å². The molecule has 2 unspecified atom stereocenters. The highest BCUT2D eigenvalue weighted by Gasteiger charge is 2.60. The Bertz CT molecular complexity index is 936. The smallest absolute Gasteiger partial charge is 0.376 e. The number of esters is 1. The number of carbonyl (C=O) groups excluding carboxylic acids is 2. The Hall–Kier alpha value is -2.90. The van der Waals surface area contributed by atoms with Gasteiger partial charge in [0.05, 0.1) is 6.20 Å². The Morgan fingerprint density at radius 2 is 1.79 bits per heavy atom. The molecule has 4 fully saturated rings. The fraction of sp³-hybridized carbons (Fsp3) is 0.476. The number of hydrogen-bond donors (Lipinski definition) is 1. The van der Waals surface area contributed by atoms with Crippen molar-refractivity contribution in [2.75, 3.05) is 0 Å². The summed E-state index contributed by atoms with van der Waals surface area (Å²) in [5.74, 6) is -0.485. The SMILES string of the molecule is O=C(NC12CC3CC(C1)CC(OC(=O)c1ncccn1)(C3)C2)c1ccc(F)cn1. The first kappa shape index (κ1) is 18.1. The molecule has 2 aromatic rings. The van der Waals surface area contributed by atoms with Crippen molar-refractivity contribution in [2.45, 2.75) is 49.7 Å². The number of nitrogens with zero attached hydrogens (tertiary/aromatic N) is 3. The molecule has 8 heteroatoms. The Morgan fingerprint density at radius 3 is 2.45 bits per heavy atom. The molecule has 2 heterocycles. The van der Waals surface area contributed by atoms with Crippen LogP contribution in [0.5, 0.6) is 0 Å². The van der Waals surface area contributed by atoms with Crippen LogP contribution in [0, 0.1) is 17.7 Å². The van der Waals surface area contributed by atoms with Crippen molar-refractivity contribution < 1.29 is 18.7 Å². The average molecular weight is 396 g/mol. The van der Waals surface area contributed by atoms with Crippen molar-refractivity contribution in [1.82, 2.24) is 20.3 Å².